The summed E-state index contributed by atoms with van der Waals surface area (Å²) in [4.78, 5) is 0. The van der Waals surface area contributed by atoms with Gasteiger partial charge in [0.05, 0.1) is 25.1 Å². The molecule has 0 spiro atoms. The lowest BCUT2D eigenvalue weighted by Crippen LogP contribution is -1.75. The number of hydrogen-bond acceptors (Lipinski definition) is 0. The second-order valence-corrected chi connectivity index (χ2v) is 3.73. The highest BCUT2D eigenvalue weighted by molar-refractivity contribution is 7.59. The van der Waals surface area contributed by atoms with Crippen LogP contribution in [-0.2, 0) is 0 Å². The molecule has 6 heteroatoms. The van der Waals surface area contributed by atoms with Gasteiger partial charge in [0.2, 0.25) is 0 Å². The van der Waals surface area contributed by atoms with Gasteiger partial charge in [-0.2, -0.15) is 13.5 Å². The van der Waals surface area contributed by atoms with E-state index >= 15 is 0 Å². The summed E-state index contributed by atoms with van der Waals surface area (Å²) in [6.45, 7) is 0. The Kier molecular flexibility index (Phi) is 5.47. The van der Waals surface area contributed by atoms with Gasteiger partial charge in [-0.15, -0.1) is 0 Å². The fourth-order valence-corrected chi connectivity index (χ4v) is 1.65. The van der Waals surface area contributed by atoms with E-state index in [0.29, 0.717) is 10.0 Å². The zero-order valence-electron chi connectivity index (χ0n) is 5.47. The molecule has 0 amide bonds. The molecule has 68 valence electrons. The van der Waals surface area contributed by atoms with E-state index in [9.17, 15) is 0 Å². The minimum Gasteiger partial charge on any atom is -0.197 e. The van der Waals surface area contributed by atoms with Gasteiger partial charge in [0.1, 0.15) is 0 Å². The van der Waals surface area contributed by atoms with Gasteiger partial charge in [-0.3, -0.25) is 0 Å². The lowest BCUT2D eigenvalue weighted by atomic mass is 10.3. The van der Waals surface area contributed by atoms with E-state index < -0.39 is 0 Å². The molecule has 1 aromatic rings. The second-order valence-electron chi connectivity index (χ2n) is 1.78. The average molecular weight is 284 g/mol. The first kappa shape index (κ1) is 13.0. The highest BCUT2D eigenvalue weighted by Crippen LogP contribution is 2.40. The molecule has 0 aromatic heterocycles. The largest absolute Gasteiger partial charge is 0.197 e. The Bertz CT molecular complexity index is 272. The quantitative estimate of drug-likeness (QED) is 0.461. The van der Waals surface area contributed by atoms with Gasteiger partial charge in [-0.25, -0.2) is 0 Å². The van der Waals surface area contributed by atoms with Gasteiger partial charge < -0.3 is 0 Å². The third kappa shape index (κ3) is 2.50. The van der Waals surface area contributed by atoms with Crippen molar-refractivity contribution in [2.45, 2.75) is 0 Å². The van der Waals surface area contributed by atoms with Gasteiger partial charge in [0, 0.05) is 0 Å². The molecule has 0 saturated carbocycles. The lowest BCUT2D eigenvalue weighted by molar-refractivity contribution is 1.70. The summed E-state index contributed by atoms with van der Waals surface area (Å²) in [5, 5.41) is 1.23. The Hall–Kier alpha value is 1.02. The standard InChI is InChI=1S/C6HCl5.H2S/c7-2-1-3(8)5(10)6(11)4(2)9;/h1H;1H2. The van der Waals surface area contributed by atoms with Crippen molar-refractivity contribution in [2.24, 2.45) is 0 Å². The van der Waals surface area contributed by atoms with E-state index in [-0.39, 0.29) is 28.6 Å². The van der Waals surface area contributed by atoms with Crippen LogP contribution in [0.15, 0.2) is 6.07 Å². The molecular weight excluding hydrogens is 281 g/mol. The van der Waals surface area contributed by atoms with Crippen LogP contribution in [0, 0.1) is 0 Å². The normalized spacial score (nSPS) is 9.42. The minimum absolute atomic E-state index is 0. The maximum absolute atomic E-state index is 5.66. The Balaban J connectivity index is 0.00000121. The average Bonchev–Trinajstić information content (AvgIpc) is 1.97. The van der Waals surface area contributed by atoms with E-state index in [1.165, 1.54) is 6.07 Å². The van der Waals surface area contributed by atoms with Crippen LogP contribution in [0.4, 0.5) is 0 Å². The van der Waals surface area contributed by atoms with Gasteiger partial charge in [-0.05, 0) is 6.07 Å². The Morgan fingerprint density at radius 2 is 1.00 bits per heavy atom. The van der Waals surface area contributed by atoms with Crippen LogP contribution in [0.5, 0.6) is 0 Å². The summed E-state index contributed by atoms with van der Waals surface area (Å²) in [6, 6.07) is 1.44. The van der Waals surface area contributed by atoms with Crippen LogP contribution in [-0.4, -0.2) is 0 Å². The number of benzene rings is 1. The van der Waals surface area contributed by atoms with E-state index in [4.69, 9.17) is 58.0 Å². The van der Waals surface area contributed by atoms with Crippen molar-refractivity contribution in [3.05, 3.63) is 31.2 Å². The molecule has 0 aliphatic carbocycles. The third-order valence-electron chi connectivity index (χ3n) is 1.06. The van der Waals surface area contributed by atoms with Gasteiger partial charge in [0.15, 0.2) is 0 Å². The maximum Gasteiger partial charge on any atom is 0.0808 e. The SMILES string of the molecule is Clc1cc(Cl)c(Cl)c(Cl)c1Cl.S. The molecule has 0 heterocycles. The van der Waals surface area contributed by atoms with E-state index in [1.54, 1.807) is 0 Å². The Labute approximate surface area is 102 Å². The van der Waals surface area contributed by atoms with Gasteiger partial charge in [-0.1, -0.05) is 58.0 Å². The number of rotatable bonds is 0. The molecule has 0 fully saturated rings. The molecule has 0 bridgehead atoms. The first-order valence-electron chi connectivity index (χ1n) is 2.52. The van der Waals surface area contributed by atoms with Crippen LogP contribution in [0.1, 0.15) is 0 Å². The molecule has 0 radical (unpaired) electrons. The van der Waals surface area contributed by atoms with Crippen molar-refractivity contribution < 1.29 is 0 Å². The van der Waals surface area contributed by atoms with Crippen LogP contribution < -0.4 is 0 Å². The first-order valence-corrected chi connectivity index (χ1v) is 4.41. The first-order chi connectivity index (χ1) is 5.04. The highest BCUT2D eigenvalue weighted by atomic mass is 35.5. The molecule has 1 rings (SSSR count). The Morgan fingerprint density at radius 1 is 0.667 bits per heavy atom. The molecule has 1 aromatic carbocycles. The summed E-state index contributed by atoms with van der Waals surface area (Å²) in [7, 11) is 0. The minimum atomic E-state index is 0. The zero-order valence-corrected chi connectivity index (χ0v) is 10.2. The fraction of sp³-hybridized carbons (Fsp3) is 0. The predicted octanol–water partition coefficient (Wildman–Crippen LogP) is 5.07. The van der Waals surface area contributed by atoms with Crippen molar-refractivity contribution in [3.8, 4) is 0 Å². The molecule has 0 nitrogen and oxygen atoms in total. The number of hydrogen-bond donors (Lipinski definition) is 0. The summed E-state index contributed by atoms with van der Waals surface area (Å²) >= 11 is 28.2. The van der Waals surface area contributed by atoms with Gasteiger partial charge in [0.25, 0.3) is 0 Å². The highest BCUT2D eigenvalue weighted by Gasteiger charge is 2.10. The molecule has 0 atom stereocenters. The van der Waals surface area contributed by atoms with Crippen LogP contribution >= 0.6 is 71.5 Å². The van der Waals surface area contributed by atoms with E-state index in [0.717, 1.165) is 0 Å². The van der Waals surface area contributed by atoms with Gasteiger partial charge >= 0.3 is 0 Å². The van der Waals surface area contributed by atoms with E-state index in [2.05, 4.69) is 0 Å². The molecular formula is C6H3Cl5S. The van der Waals surface area contributed by atoms with Crippen molar-refractivity contribution >= 4 is 71.5 Å². The van der Waals surface area contributed by atoms with Crippen molar-refractivity contribution in [1.82, 2.24) is 0 Å². The van der Waals surface area contributed by atoms with Crippen molar-refractivity contribution in [2.75, 3.05) is 0 Å². The zero-order chi connectivity index (χ0) is 8.59. The number of halogens is 5. The third-order valence-corrected chi connectivity index (χ3v) is 3.20. The molecule has 12 heavy (non-hydrogen) atoms. The van der Waals surface area contributed by atoms with Crippen LogP contribution in [0.25, 0.3) is 0 Å². The smallest absolute Gasteiger partial charge is 0.0808 e. The molecule has 0 unspecified atom stereocenters. The molecule has 0 aliphatic rings. The molecule has 0 aliphatic heterocycles. The summed E-state index contributed by atoms with van der Waals surface area (Å²) in [6.07, 6.45) is 0. The van der Waals surface area contributed by atoms with Crippen LogP contribution in [0.3, 0.4) is 0 Å². The second kappa shape index (κ2) is 5.04. The predicted molar refractivity (Wildman–Crippen MR) is 61.9 cm³/mol. The lowest BCUT2D eigenvalue weighted by Gasteiger charge is -2.02. The van der Waals surface area contributed by atoms with Crippen LogP contribution in [0.2, 0.25) is 25.1 Å². The summed E-state index contributed by atoms with van der Waals surface area (Å²) in [5.41, 5.74) is 0. The summed E-state index contributed by atoms with van der Waals surface area (Å²) in [5.74, 6) is 0. The van der Waals surface area contributed by atoms with E-state index in [1.807, 2.05) is 0 Å². The topological polar surface area (TPSA) is 0 Å². The van der Waals surface area contributed by atoms with Crippen molar-refractivity contribution in [1.29, 1.82) is 0 Å². The Morgan fingerprint density at radius 3 is 1.33 bits per heavy atom. The molecule has 0 saturated heterocycles. The summed E-state index contributed by atoms with van der Waals surface area (Å²) < 4.78 is 0. The molecule has 0 N–H and O–H groups in total. The monoisotopic (exact) mass is 282 g/mol. The maximum atomic E-state index is 5.66. The van der Waals surface area contributed by atoms with Crippen molar-refractivity contribution in [3.63, 3.8) is 0 Å². The fourth-order valence-electron chi connectivity index (χ4n) is 0.544.